The van der Waals surface area contributed by atoms with Crippen LogP contribution in [0.5, 0.6) is 0 Å². The second kappa shape index (κ2) is 9.73. The lowest BCUT2D eigenvalue weighted by Crippen LogP contribution is -2.41. The van der Waals surface area contributed by atoms with Gasteiger partial charge in [-0.2, -0.15) is 4.31 Å². The minimum absolute atomic E-state index is 0.0711. The predicted molar refractivity (Wildman–Crippen MR) is 118 cm³/mol. The molecule has 162 valence electrons. The third-order valence-corrected chi connectivity index (χ3v) is 7.43. The average molecular weight is 431 g/mol. The van der Waals surface area contributed by atoms with Gasteiger partial charge < -0.3 is 10.1 Å². The largest absolute Gasteiger partial charge is 0.379 e. The molecule has 0 bridgehead atoms. The number of carbonyl (C=O) groups excluding carboxylic acids is 1. The molecule has 1 N–H and O–H groups in total. The summed E-state index contributed by atoms with van der Waals surface area (Å²) in [6.07, 6.45) is 0.782. The van der Waals surface area contributed by atoms with Crippen molar-refractivity contribution in [1.82, 2.24) is 9.62 Å². The van der Waals surface area contributed by atoms with Crippen molar-refractivity contribution in [2.75, 3.05) is 26.3 Å². The minimum Gasteiger partial charge on any atom is -0.379 e. The maximum absolute atomic E-state index is 12.7. The number of morpholine rings is 1. The van der Waals surface area contributed by atoms with E-state index in [9.17, 15) is 13.2 Å². The summed E-state index contributed by atoms with van der Waals surface area (Å²) in [4.78, 5) is 12.7. The smallest absolute Gasteiger partial charge is 0.251 e. The molecule has 2 aromatic rings. The van der Waals surface area contributed by atoms with Gasteiger partial charge in [-0.25, -0.2) is 8.42 Å². The van der Waals surface area contributed by atoms with Crippen molar-refractivity contribution in [3.63, 3.8) is 0 Å². The fraction of sp³-hybridized carbons (Fsp3) is 0.435. The second-order valence-corrected chi connectivity index (χ2v) is 9.71. The number of nitrogens with zero attached hydrogens (tertiary/aromatic N) is 1. The Morgan fingerprint density at radius 1 is 1.07 bits per heavy atom. The van der Waals surface area contributed by atoms with Gasteiger partial charge in [-0.1, -0.05) is 37.3 Å². The van der Waals surface area contributed by atoms with Gasteiger partial charge in [-0.15, -0.1) is 0 Å². The maximum atomic E-state index is 12.7. The summed E-state index contributed by atoms with van der Waals surface area (Å²) in [7, 11) is -3.38. The van der Waals surface area contributed by atoms with Gasteiger partial charge in [0.1, 0.15) is 0 Å². The molecular weight excluding hydrogens is 400 g/mol. The summed E-state index contributed by atoms with van der Waals surface area (Å²) in [6, 6.07) is 13.0. The predicted octanol–water partition coefficient (Wildman–Crippen LogP) is 3.35. The van der Waals surface area contributed by atoms with Crippen LogP contribution in [0.15, 0.2) is 42.5 Å². The molecule has 0 radical (unpaired) electrons. The number of carbonyl (C=O) groups is 1. The summed E-state index contributed by atoms with van der Waals surface area (Å²) in [5.41, 5.74) is 4.69. The van der Waals surface area contributed by atoms with Crippen LogP contribution in [-0.2, 0) is 20.5 Å². The molecule has 1 fully saturated rings. The molecule has 7 heteroatoms. The number of rotatable bonds is 7. The Bertz CT molecular complexity index is 981. The van der Waals surface area contributed by atoms with Gasteiger partial charge >= 0.3 is 0 Å². The molecule has 6 nitrogen and oxygen atoms in total. The van der Waals surface area contributed by atoms with Crippen LogP contribution < -0.4 is 5.32 Å². The van der Waals surface area contributed by atoms with Crippen molar-refractivity contribution < 1.29 is 17.9 Å². The van der Waals surface area contributed by atoms with E-state index >= 15 is 0 Å². The second-order valence-electron chi connectivity index (χ2n) is 7.74. The Labute approximate surface area is 179 Å². The van der Waals surface area contributed by atoms with Gasteiger partial charge in [0, 0.05) is 18.7 Å². The molecule has 1 amide bonds. The molecule has 0 aromatic heterocycles. The summed E-state index contributed by atoms with van der Waals surface area (Å²) < 4.78 is 31.8. The highest BCUT2D eigenvalue weighted by Crippen LogP contribution is 2.21. The first-order valence-corrected chi connectivity index (χ1v) is 11.9. The molecule has 1 saturated heterocycles. The first-order chi connectivity index (χ1) is 14.3. The van der Waals surface area contributed by atoms with Gasteiger partial charge in [0.25, 0.3) is 5.91 Å². The highest BCUT2D eigenvalue weighted by molar-refractivity contribution is 7.88. The third kappa shape index (κ3) is 5.47. The third-order valence-electron chi connectivity index (χ3n) is 5.58. The van der Waals surface area contributed by atoms with E-state index in [1.807, 2.05) is 6.92 Å². The van der Waals surface area contributed by atoms with E-state index < -0.39 is 10.0 Å². The highest BCUT2D eigenvalue weighted by Gasteiger charge is 2.24. The number of aryl methyl sites for hydroxylation is 2. The quantitative estimate of drug-likeness (QED) is 0.731. The van der Waals surface area contributed by atoms with Crippen LogP contribution in [0.1, 0.15) is 52.0 Å². The summed E-state index contributed by atoms with van der Waals surface area (Å²) in [5, 5.41) is 3.09. The van der Waals surface area contributed by atoms with Gasteiger partial charge in [0.2, 0.25) is 10.0 Å². The van der Waals surface area contributed by atoms with E-state index in [4.69, 9.17) is 4.74 Å². The number of amides is 1. The number of benzene rings is 2. The minimum atomic E-state index is -3.38. The van der Waals surface area contributed by atoms with E-state index in [1.54, 1.807) is 24.3 Å². The van der Waals surface area contributed by atoms with Crippen molar-refractivity contribution in [2.24, 2.45) is 0 Å². The maximum Gasteiger partial charge on any atom is 0.251 e. The topological polar surface area (TPSA) is 75.7 Å². The van der Waals surface area contributed by atoms with Crippen molar-refractivity contribution in [2.45, 2.75) is 39.0 Å². The fourth-order valence-corrected chi connectivity index (χ4v) is 5.02. The molecule has 0 unspecified atom stereocenters. The lowest BCUT2D eigenvalue weighted by molar-refractivity contribution is 0.0729. The molecule has 0 spiro atoms. The van der Waals surface area contributed by atoms with Crippen LogP contribution in [0.3, 0.4) is 0 Å². The summed E-state index contributed by atoms with van der Waals surface area (Å²) >= 11 is 0. The van der Waals surface area contributed by atoms with Crippen LogP contribution in [0.2, 0.25) is 0 Å². The Balaban J connectivity index is 1.66. The zero-order chi connectivity index (χ0) is 21.7. The van der Waals surface area contributed by atoms with Crippen molar-refractivity contribution in [3.05, 3.63) is 70.3 Å². The van der Waals surface area contributed by atoms with Gasteiger partial charge in [-0.3, -0.25) is 4.79 Å². The van der Waals surface area contributed by atoms with Crippen LogP contribution >= 0.6 is 0 Å². The number of hydrogen-bond donors (Lipinski definition) is 1. The van der Waals surface area contributed by atoms with Crippen LogP contribution in [0, 0.1) is 13.8 Å². The average Bonchev–Trinajstić information content (AvgIpc) is 2.75. The number of ether oxygens (including phenoxy) is 1. The Morgan fingerprint density at radius 3 is 2.33 bits per heavy atom. The fourth-order valence-electron chi connectivity index (χ4n) is 3.52. The van der Waals surface area contributed by atoms with Crippen molar-refractivity contribution in [3.8, 4) is 0 Å². The monoisotopic (exact) mass is 430 g/mol. The zero-order valence-electron chi connectivity index (χ0n) is 17.8. The molecule has 30 heavy (non-hydrogen) atoms. The van der Waals surface area contributed by atoms with E-state index in [2.05, 4.69) is 37.4 Å². The summed E-state index contributed by atoms with van der Waals surface area (Å²) in [5.74, 6) is -0.238. The molecule has 1 aliphatic rings. The molecule has 2 aromatic carbocycles. The van der Waals surface area contributed by atoms with Crippen LogP contribution in [0.4, 0.5) is 0 Å². The zero-order valence-corrected chi connectivity index (χ0v) is 18.7. The van der Waals surface area contributed by atoms with Gasteiger partial charge in [0.05, 0.1) is 25.0 Å². The Kier molecular flexibility index (Phi) is 7.28. The van der Waals surface area contributed by atoms with E-state index in [-0.39, 0.29) is 17.7 Å². The number of nitrogens with one attached hydrogen (secondary N) is 1. The molecule has 0 saturated carbocycles. The standard InChI is InChI=1S/C23H30N2O4S/c1-4-22(21-8-5-17(2)18(3)15-21)24-23(26)20-9-6-19(7-10-20)16-30(27,28)25-11-13-29-14-12-25/h5-10,15,22H,4,11-14,16H2,1-3H3,(H,24,26)/t22-/m1/s1. The van der Waals surface area contributed by atoms with Crippen LogP contribution in [0.25, 0.3) is 0 Å². The normalized spacial score (nSPS) is 16.2. The van der Waals surface area contributed by atoms with E-state index in [0.717, 1.165) is 12.0 Å². The lowest BCUT2D eigenvalue weighted by Gasteiger charge is -2.26. The SMILES string of the molecule is CC[C@@H](NC(=O)c1ccc(CS(=O)(=O)N2CCOCC2)cc1)c1ccc(C)c(C)c1. The van der Waals surface area contributed by atoms with E-state index in [0.29, 0.717) is 37.4 Å². The summed E-state index contributed by atoms with van der Waals surface area (Å²) in [6.45, 7) is 7.81. The van der Waals surface area contributed by atoms with Crippen molar-refractivity contribution >= 4 is 15.9 Å². The molecule has 1 atom stereocenters. The lowest BCUT2D eigenvalue weighted by atomic mass is 9.99. The van der Waals surface area contributed by atoms with Gasteiger partial charge in [-0.05, 0) is 54.7 Å². The Morgan fingerprint density at radius 2 is 1.73 bits per heavy atom. The van der Waals surface area contributed by atoms with E-state index in [1.165, 1.54) is 15.4 Å². The van der Waals surface area contributed by atoms with Crippen LogP contribution in [-0.4, -0.2) is 44.9 Å². The molecular formula is C23H30N2O4S. The number of sulfonamides is 1. The van der Waals surface area contributed by atoms with Gasteiger partial charge in [0.15, 0.2) is 0 Å². The molecule has 0 aliphatic carbocycles. The van der Waals surface area contributed by atoms with Crippen molar-refractivity contribution in [1.29, 1.82) is 0 Å². The first-order valence-electron chi connectivity index (χ1n) is 10.3. The molecule has 1 aliphatic heterocycles. The first kappa shape index (κ1) is 22.5. The number of hydrogen-bond acceptors (Lipinski definition) is 4. The highest BCUT2D eigenvalue weighted by atomic mass is 32.2. The molecule has 1 heterocycles. The Hall–Kier alpha value is -2.22. The molecule has 3 rings (SSSR count).